The number of nitrogens with one attached hydrogen (secondary N) is 1. The molecule has 4 nitrogen and oxygen atoms in total. The Hall–Kier alpha value is -0.160. The number of piperidine rings is 1. The first-order valence-electron chi connectivity index (χ1n) is 8.54. The topological polar surface area (TPSA) is 27.7 Å². The summed E-state index contributed by atoms with van der Waals surface area (Å²) in [5.41, 5.74) is 0. The number of nitrogens with zero attached hydrogens (tertiary/aromatic N) is 2. The van der Waals surface area contributed by atoms with Crippen LogP contribution in [-0.4, -0.2) is 73.9 Å². The van der Waals surface area contributed by atoms with Crippen LogP contribution in [0.4, 0.5) is 0 Å². The van der Waals surface area contributed by atoms with Gasteiger partial charge in [-0.05, 0) is 39.3 Å². The summed E-state index contributed by atoms with van der Waals surface area (Å²) in [6, 6.07) is 1.40. The molecule has 2 aliphatic heterocycles. The van der Waals surface area contributed by atoms with Gasteiger partial charge in [-0.25, -0.2) is 0 Å². The maximum atomic E-state index is 5.95. The Balaban J connectivity index is 1.73. The van der Waals surface area contributed by atoms with Crippen LogP contribution in [0, 0.1) is 0 Å². The first kappa shape index (κ1) is 16.2. The number of hydrogen-bond donors (Lipinski definition) is 1. The molecule has 3 atom stereocenters. The second kappa shape index (κ2) is 8.32. The highest BCUT2D eigenvalue weighted by Gasteiger charge is 2.28. The van der Waals surface area contributed by atoms with Gasteiger partial charge in [0.15, 0.2) is 0 Å². The first-order chi connectivity index (χ1) is 9.72. The van der Waals surface area contributed by atoms with Crippen LogP contribution >= 0.6 is 0 Å². The molecule has 0 aromatic heterocycles. The molecule has 0 spiro atoms. The Kier molecular flexibility index (Phi) is 6.75. The lowest BCUT2D eigenvalue weighted by Gasteiger charge is -2.41. The van der Waals surface area contributed by atoms with Gasteiger partial charge < -0.3 is 10.1 Å². The molecule has 3 unspecified atom stereocenters. The summed E-state index contributed by atoms with van der Waals surface area (Å²) in [6.07, 6.45) is 4.21. The van der Waals surface area contributed by atoms with Crippen molar-refractivity contribution in [2.45, 2.75) is 58.2 Å². The molecule has 2 heterocycles. The van der Waals surface area contributed by atoms with E-state index in [9.17, 15) is 0 Å². The Morgan fingerprint density at radius 3 is 2.80 bits per heavy atom. The predicted octanol–water partition coefficient (Wildman–Crippen LogP) is 1.56. The van der Waals surface area contributed by atoms with Crippen molar-refractivity contribution in [3.05, 3.63) is 0 Å². The summed E-state index contributed by atoms with van der Waals surface area (Å²) in [5.74, 6) is 0. The van der Waals surface area contributed by atoms with Crippen molar-refractivity contribution in [1.82, 2.24) is 15.1 Å². The third-order valence-corrected chi connectivity index (χ3v) is 4.81. The Bertz CT molecular complexity index is 274. The maximum Gasteiger partial charge on any atom is 0.0829 e. The highest BCUT2D eigenvalue weighted by Crippen LogP contribution is 2.19. The summed E-state index contributed by atoms with van der Waals surface area (Å²) in [7, 11) is 0. The van der Waals surface area contributed by atoms with Crippen molar-refractivity contribution in [3.8, 4) is 0 Å². The molecule has 0 aromatic rings. The van der Waals surface area contributed by atoms with Crippen LogP contribution in [0.1, 0.15) is 40.0 Å². The molecule has 0 amide bonds. The van der Waals surface area contributed by atoms with E-state index in [1.54, 1.807) is 0 Å². The summed E-state index contributed by atoms with van der Waals surface area (Å²) < 4.78 is 5.95. The van der Waals surface area contributed by atoms with Crippen molar-refractivity contribution in [2.75, 3.05) is 45.9 Å². The Morgan fingerprint density at radius 2 is 2.10 bits per heavy atom. The molecule has 0 bridgehead atoms. The van der Waals surface area contributed by atoms with Crippen molar-refractivity contribution < 1.29 is 4.74 Å². The highest BCUT2D eigenvalue weighted by molar-refractivity contribution is 4.85. The first-order valence-corrected chi connectivity index (χ1v) is 8.54. The lowest BCUT2D eigenvalue weighted by atomic mass is 9.97. The number of likely N-dealkylation sites (tertiary alicyclic amines) is 1. The van der Waals surface area contributed by atoms with Crippen LogP contribution in [0.3, 0.4) is 0 Å². The zero-order chi connectivity index (χ0) is 14.4. The summed E-state index contributed by atoms with van der Waals surface area (Å²) in [6.45, 7) is 14.6. The summed E-state index contributed by atoms with van der Waals surface area (Å²) in [4.78, 5) is 5.14. The predicted molar refractivity (Wildman–Crippen MR) is 84.2 cm³/mol. The molecule has 0 aromatic carbocycles. The molecule has 0 radical (unpaired) electrons. The van der Waals surface area contributed by atoms with E-state index in [1.165, 1.54) is 25.8 Å². The van der Waals surface area contributed by atoms with Gasteiger partial charge in [0.25, 0.3) is 0 Å². The van der Waals surface area contributed by atoms with Gasteiger partial charge in [0, 0.05) is 38.3 Å². The van der Waals surface area contributed by atoms with Gasteiger partial charge >= 0.3 is 0 Å². The normalized spacial score (nSPS) is 33.5. The number of morpholine rings is 1. The van der Waals surface area contributed by atoms with E-state index in [-0.39, 0.29) is 0 Å². The van der Waals surface area contributed by atoms with Gasteiger partial charge in [0.2, 0.25) is 0 Å². The SMILES string of the molecule is CCCNC1CCN(CC2CN(CC)CCO2)C(C)C1. The van der Waals surface area contributed by atoms with Crippen LogP contribution in [0.15, 0.2) is 0 Å². The molecule has 2 saturated heterocycles. The molecular formula is C16H33N3O. The van der Waals surface area contributed by atoms with Crippen LogP contribution in [0.25, 0.3) is 0 Å². The van der Waals surface area contributed by atoms with Crippen LogP contribution in [0.5, 0.6) is 0 Å². The van der Waals surface area contributed by atoms with Gasteiger partial charge in [0.1, 0.15) is 0 Å². The third kappa shape index (κ3) is 4.69. The van der Waals surface area contributed by atoms with E-state index in [0.29, 0.717) is 12.1 Å². The fraction of sp³-hybridized carbons (Fsp3) is 1.00. The molecule has 20 heavy (non-hydrogen) atoms. The maximum absolute atomic E-state index is 5.95. The van der Waals surface area contributed by atoms with Gasteiger partial charge in [-0.15, -0.1) is 0 Å². The standard InChI is InChI=1S/C16H33N3O/c1-4-7-17-15-6-8-19(14(3)11-15)13-16-12-18(5-2)9-10-20-16/h14-17H,4-13H2,1-3H3. The molecule has 0 aliphatic carbocycles. The molecular weight excluding hydrogens is 250 g/mol. The third-order valence-electron chi connectivity index (χ3n) is 4.81. The minimum atomic E-state index is 0.409. The lowest BCUT2D eigenvalue weighted by Crippen LogP contribution is -2.53. The molecule has 0 saturated carbocycles. The second-order valence-corrected chi connectivity index (χ2v) is 6.41. The molecule has 2 aliphatic rings. The van der Waals surface area contributed by atoms with E-state index in [4.69, 9.17) is 4.74 Å². The van der Waals surface area contributed by atoms with Gasteiger partial charge in [0.05, 0.1) is 12.7 Å². The van der Waals surface area contributed by atoms with E-state index in [0.717, 1.165) is 45.4 Å². The minimum Gasteiger partial charge on any atom is -0.374 e. The fourth-order valence-corrected chi connectivity index (χ4v) is 3.47. The minimum absolute atomic E-state index is 0.409. The van der Waals surface area contributed by atoms with Gasteiger partial charge in [-0.1, -0.05) is 13.8 Å². The molecule has 1 N–H and O–H groups in total. The van der Waals surface area contributed by atoms with E-state index >= 15 is 0 Å². The van der Waals surface area contributed by atoms with E-state index in [1.807, 2.05) is 0 Å². The highest BCUT2D eigenvalue weighted by atomic mass is 16.5. The van der Waals surface area contributed by atoms with E-state index < -0.39 is 0 Å². The van der Waals surface area contributed by atoms with Crippen molar-refractivity contribution >= 4 is 0 Å². The van der Waals surface area contributed by atoms with Crippen molar-refractivity contribution in [3.63, 3.8) is 0 Å². The molecule has 118 valence electrons. The molecule has 2 fully saturated rings. The van der Waals surface area contributed by atoms with Crippen molar-refractivity contribution in [2.24, 2.45) is 0 Å². The quantitative estimate of drug-likeness (QED) is 0.801. The molecule has 2 rings (SSSR count). The van der Waals surface area contributed by atoms with Crippen molar-refractivity contribution in [1.29, 1.82) is 0 Å². The van der Waals surface area contributed by atoms with E-state index in [2.05, 4.69) is 35.9 Å². The average Bonchev–Trinajstić information content (AvgIpc) is 2.48. The smallest absolute Gasteiger partial charge is 0.0829 e. The zero-order valence-electron chi connectivity index (χ0n) is 13.6. The number of likely N-dealkylation sites (N-methyl/N-ethyl adjacent to an activating group) is 1. The zero-order valence-corrected chi connectivity index (χ0v) is 13.6. The number of hydrogen-bond acceptors (Lipinski definition) is 4. The number of ether oxygens (including phenoxy) is 1. The monoisotopic (exact) mass is 283 g/mol. The lowest BCUT2D eigenvalue weighted by molar-refractivity contribution is -0.0508. The average molecular weight is 283 g/mol. The van der Waals surface area contributed by atoms with Crippen LogP contribution in [0.2, 0.25) is 0 Å². The number of rotatable bonds is 6. The molecule has 4 heteroatoms. The summed E-state index contributed by atoms with van der Waals surface area (Å²) >= 11 is 0. The van der Waals surface area contributed by atoms with Gasteiger partial charge in [-0.3, -0.25) is 9.80 Å². The van der Waals surface area contributed by atoms with Crippen LogP contribution in [-0.2, 0) is 4.74 Å². The second-order valence-electron chi connectivity index (χ2n) is 6.41. The fourth-order valence-electron chi connectivity index (χ4n) is 3.47. The van der Waals surface area contributed by atoms with Crippen LogP contribution < -0.4 is 5.32 Å². The van der Waals surface area contributed by atoms with Gasteiger partial charge in [-0.2, -0.15) is 0 Å². The Labute approximate surface area is 124 Å². The summed E-state index contributed by atoms with van der Waals surface area (Å²) in [5, 5.41) is 3.68. The Morgan fingerprint density at radius 1 is 1.25 bits per heavy atom. The largest absolute Gasteiger partial charge is 0.374 e.